The van der Waals surface area contributed by atoms with E-state index in [1.807, 2.05) is 6.92 Å². The van der Waals surface area contributed by atoms with Crippen molar-refractivity contribution in [2.24, 2.45) is 0 Å². The summed E-state index contributed by atoms with van der Waals surface area (Å²) in [6.45, 7) is 4.04. The van der Waals surface area contributed by atoms with Crippen molar-refractivity contribution in [1.82, 2.24) is 15.3 Å². The number of anilines is 1. The second kappa shape index (κ2) is 5.95. The first-order valence-electron chi connectivity index (χ1n) is 7.86. The summed E-state index contributed by atoms with van der Waals surface area (Å²) in [5.74, 6) is 1.64. The van der Waals surface area contributed by atoms with Crippen LogP contribution in [0.2, 0.25) is 0 Å². The van der Waals surface area contributed by atoms with Gasteiger partial charge in [-0.15, -0.1) is 0 Å². The fraction of sp³-hybridized carbons (Fsp3) is 0.733. The van der Waals surface area contributed by atoms with Crippen molar-refractivity contribution in [3.05, 3.63) is 22.2 Å². The lowest BCUT2D eigenvalue weighted by Gasteiger charge is -2.37. The number of hydrogen-bond donors (Lipinski definition) is 2. The van der Waals surface area contributed by atoms with E-state index in [0.29, 0.717) is 6.04 Å². The lowest BCUT2D eigenvalue weighted by atomic mass is 10.0. The molecule has 0 aromatic carbocycles. The molecule has 1 saturated carbocycles. The summed E-state index contributed by atoms with van der Waals surface area (Å²) in [7, 11) is 0. The summed E-state index contributed by atoms with van der Waals surface area (Å²) in [6.07, 6.45) is 7.05. The molecule has 1 aromatic heterocycles. The maximum atomic E-state index is 11.8. The van der Waals surface area contributed by atoms with Crippen LogP contribution in [0.25, 0.3) is 0 Å². The Labute approximate surface area is 119 Å². The SMILES string of the molecule is CCc1nc(N2CCCCC2CNC2CC2)cc(=O)[nH]1. The van der Waals surface area contributed by atoms with Gasteiger partial charge >= 0.3 is 0 Å². The Hall–Kier alpha value is -1.36. The van der Waals surface area contributed by atoms with E-state index >= 15 is 0 Å². The fourth-order valence-electron chi connectivity index (χ4n) is 2.91. The van der Waals surface area contributed by atoms with Gasteiger partial charge in [-0.1, -0.05) is 6.92 Å². The van der Waals surface area contributed by atoms with Gasteiger partial charge in [0.2, 0.25) is 0 Å². The molecule has 3 rings (SSSR count). The lowest BCUT2D eigenvalue weighted by Crippen LogP contribution is -2.46. The number of aromatic amines is 1. The molecule has 0 amide bonds. The summed E-state index contributed by atoms with van der Waals surface area (Å²) in [4.78, 5) is 21.5. The number of H-pyrrole nitrogens is 1. The van der Waals surface area contributed by atoms with E-state index in [4.69, 9.17) is 0 Å². The molecule has 5 heteroatoms. The van der Waals surface area contributed by atoms with E-state index < -0.39 is 0 Å². The van der Waals surface area contributed by atoms with Gasteiger partial charge in [-0.2, -0.15) is 0 Å². The molecule has 1 aliphatic heterocycles. The maximum Gasteiger partial charge on any atom is 0.252 e. The van der Waals surface area contributed by atoms with Crippen LogP contribution in [-0.2, 0) is 6.42 Å². The third-order valence-electron chi connectivity index (χ3n) is 4.25. The van der Waals surface area contributed by atoms with E-state index in [1.54, 1.807) is 6.07 Å². The van der Waals surface area contributed by atoms with E-state index in [0.717, 1.165) is 37.2 Å². The minimum Gasteiger partial charge on any atom is -0.352 e. The smallest absolute Gasteiger partial charge is 0.252 e. The molecular formula is C15H24N4O. The van der Waals surface area contributed by atoms with Crippen LogP contribution in [0, 0.1) is 0 Å². The average Bonchev–Trinajstić information content (AvgIpc) is 3.29. The molecule has 2 N–H and O–H groups in total. The molecule has 20 heavy (non-hydrogen) atoms. The molecule has 1 saturated heterocycles. The predicted octanol–water partition coefficient (Wildman–Crippen LogP) is 1.44. The lowest BCUT2D eigenvalue weighted by molar-refractivity contribution is 0.431. The minimum atomic E-state index is -0.0358. The molecule has 0 spiro atoms. The zero-order valence-electron chi connectivity index (χ0n) is 12.2. The molecule has 1 atom stereocenters. The maximum absolute atomic E-state index is 11.8. The van der Waals surface area contributed by atoms with Crippen LogP contribution in [0.3, 0.4) is 0 Å². The number of hydrogen-bond acceptors (Lipinski definition) is 4. The summed E-state index contributed by atoms with van der Waals surface area (Å²) < 4.78 is 0. The van der Waals surface area contributed by atoms with Crippen LogP contribution in [0.4, 0.5) is 5.82 Å². The normalized spacial score (nSPS) is 23.1. The molecule has 2 fully saturated rings. The number of nitrogens with one attached hydrogen (secondary N) is 2. The molecule has 0 radical (unpaired) electrons. The third kappa shape index (κ3) is 3.20. The van der Waals surface area contributed by atoms with Crippen LogP contribution in [-0.4, -0.2) is 35.1 Å². The Morgan fingerprint density at radius 2 is 2.25 bits per heavy atom. The number of nitrogens with zero attached hydrogens (tertiary/aromatic N) is 2. The molecule has 0 bridgehead atoms. The Bertz CT molecular complexity index is 509. The summed E-state index contributed by atoms with van der Waals surface area (Å²) in [6, 6.07) is 2.86. The van der Waals surface area contributed by atoms with Gasteiger partial charge in [0.1, 0.15) is 11.6 Å². The molecule has 110 valence electrons. The van der Waals surface area contributed by atoms with Crippen molar-refractivity contribution in [2.45, 2.75) is 57.5 Å². The molecule has 1 aromatic rings. The number of rotatable bonds is 5. The summed E-state index contributed by atoms with van der Waals surface area (Å²) in [5.41, 5.74) is -0.0358. The van der Waals surface area contributed by atoms with Crippen molar-refractivity contribution in [1.29, 1.82) is 0 Å². The van der Waals surface area contributed by atoms with Gasteiger partial charge in [-0.3, -0.25) is 4.79 Å². The third-order valence-corrected chi connectivity index (χ3v) is 4.25. The van der Waals surface area contributed by atoms with E-state index in [9.17, 15) is 4.79 Å². The van der Waals surface area contributed by atoms with Gasteiger partial charge in [0, 0.05) is 37.7 Å². The molecule has 2 heterocycles. The molecule has 1 aliphatic carbocycles. The number of piperidine rings is 1. The van der Waals surface area contributed by atoms with Gasteiger partial charge < -0.3 is 15.2 Å². The second-order valence-electron chi connectivity index (χ2n) is 5.93. The van der Waals surface area contributed by atoms with Crippen molar-refractivity contribution >= 4 is 5.82 Å². The Kier molecular flexibility index (Phi) is 4.05. The first-order valence-corrected chi connectivity index (χ1v) is 7.86. The Balaban J connectivity index is 1.77. The molecule has 5 nitrogen and oxygen atoms in total. The van der Waals surface area contributed by atoms with Crippen LogP contribution in [0.15, 0.2) is 10.9 Å². The Morgan fingerprint density at radius 1 is 1.40 bits per heavy atom. The first-order chi connectivity index (χ1) is 9.76. The molecule has 2 aliphatic rings. The van der Waals surface area contributed by atoms with Crippen molar-refractivity contribution < 1.29 is 0 Å². The van der Waals surface area contributed by atoms with Gasteiger partial charge in [0.25, 0.3) is 5.56 Å². The first kappa shape index (κ1) is 13.6. The number of aryl methyl sites for hydroxylation is 1. The number of aromatic nitrogens is 2. The summed E-state index contributed by atoms with van der Waals surface area (Å²) >= 11 is 0. The van der Waals surface area contributed by atoms with Crippen molar-refractivity contribution in [2.75, 3.05) is 18.0 Å². The predicted molar refractivity (Wildman–Crippen MR) is 80.2 cm³/mol. The van der Waals surface area contributed by atoms with Crippen LogP contribution in [0.5, 0.6) is 0 Å². The zero-order chi connectivity index (χ0) is 13.9. The van der Waals surface area contributed by atoms with Crippen LogP contribution >= 0.6 is 0 Å². The van der Waals surface area contributed by atoms with Crippen molar-refractivity contribution in [3.8, 4) is 0 Å². The zero-order valence-corrected chi connectivity index (χ0v) is 12.2. The van der Waals surface area contributed by atoms with E-state index in [1.165, 1.54) is 32.1 Å². The van der Waals surface area contributed by atoms with E-state index in [2.05, 4.69) is 20.2 Å². The minimum absolute atomic E-state index is 0.0358. The second-order valence-corrected chi connectivity index (χ2v) is 5.93. The quantitative estimate of drug-likeness (QED) is 0.854. The van der Waals surface area contributed by atoms with Crippen LogP contribution < -0.4 is 15.8 Å². The largest absolute Gasteiger partial charge is 0.352 e. The van der Waals surface area contributed by atoms with Gasteiger partial charge in [-0.25, -0.2) is 4.98 Å². The topological polar surface area (TPSA) is 61.0 Å². The monoisotopic (exact) mass is 276 g/mol. The average molecular weight is 276 g/mol. The van der Waals surface area contributed by atoms with Gasteiger partial charge in [0.05, 0.1) is 0 Å². The molecular weight excluding hydrogens is 252 g/mol. The van der Waals surface area contributed by atoms with E-state index in [-0.39, 0.29) is 5.56 Å². The van der Waals surface area contributed by atoms with Gasteiger partial charge in [0.15, 0.2) is 0 Å². The highest BCUT2D eigenvalue weighted by atomic mass is 16.1. The highest BCUT2D eigenvalue weighted by molar-refractivity contribution is 5.39. The Morgan fingerprint density at radius 3 is 3.00 bits per heavy atom. The van der Waals surface area contributed by atoms with Gasteiger partial charge in [-0.05, 0) is 32.1 Å². The van der Waals surface area contributed by atoms with Crippen LogP contribution in [0.1, 0.15) is 44.9 Å². The molecule has 1 unspecified atom stereocenters. The standard InChI is InChI=1S/C15H24N4O/c1-2-13-17-14(9-15(20)18-13)19-8-4-3-5-12(19)10-16-11-6-7-11/h9,11-12,16H,2-8,10H2,1H3,(H,17,18,20). The highest BCUT2D eigenvalue weighted by Gasteiger charge is 2.27. The fourth-order valence-corrected chi connectivity index (χ4v) is 2.91. The highest BCUT2D eigenvalue weighted by Crippen LogP contribution is 2.24. The van der Waals surface area contributed by atoms with Crippen molar-refractivity contribution in [3.63, 3.8) is 0 Å². The summed E-state index contributed by atoms with van der Waals surface area (Å²) in [5, 5.41) is 3.61.